The van der Waals surface area contributed by atoms with Crippen molar-refractivity contribution in [1.29, 1.82) is 0 Å². The first-order valence-electron chi connectivity index (χ1n) is 7.36. The van der Waals surface area contributed by atoms with Crippen molar-refractivity contribution in [3.63, 3.8) is 0 Å². The minimum absolute atomic E-state index is 0.00643. The van der Waals surface area contributed by atoms with Crippen LogP contribution in [-0.2, 0) is 9.84 Å². The first-order valence-corrected chi connectivity index (χ1v) is 8.84. The summed E-state index contributed by atoms with van der Waals surface area (Å²) in [4.78, 5) is 0.775. The summed E-state index contributed by atoms with van der Waals surface area (Å²) in [5, 5.41) is 17.1. The van der Waals surface area contributed by atoms with Gasteiger partial charge in [0.1, 0.15) is 5.69 Å². The molecule has 0 unspecified atom stereocenters. The molecule has 1 fully saturated rings. The monoisotopic (exact) mass is 376 g/mol. The Labute approximate surface area is 141 Å². The number of aliphatic hydroxyl groups is 1. The van der Waals surface area contributed by atoms with E-state index in [2.05, 4.69) is 10.3 Å². The molecule has 1 atom stereocenters. The Morgan fingerprint density at radius 1 is 1.28 bits per heavy atom. The van der Waals surface area contributed by atoms with Crippen molar-refractivity contribution in [2.45, 2.75) is 29.5 Å². The van der Waals surface area contributed by atoms with Gasteiger partial charge in [0.05, 0.1) is 28.9 Å². The van der Waals surface area contributed by atoms with E-state index in [-0.39, 0.29) is 24.8 Å². The SMILES string of the molecule is C[C@H](O)c1cn(C2CN(c3ccccc3S(=O)(=O)C(F)(F)F)C2)nn1. The zero-order valence-corrected chi connectivity index (χ0v) is 13.9. The van der Waals surface area contributed by atoms with Crippen LogP contribution in [-0.4, -0.2) is 47.1 Å². The van der Waals surface area contributed by atoms with Crippen LogP contribution in [0.25, 0.3) is 0 Å². The number of nitrogens with zero attached hydrogens (tertiary/aromatic N) is 4. The predicted octanol–water partition coefficient (Wildman–Crippen LogP) is 1.69. The van der Waals surface area contributed by atoms with Crippen molar-refractivity contribution in [3.05, 3.63) is 36.2 Å². The second-order valence-electron chi connectivity index (χ2n) is 5.78. The Kier molecular flexibility index (Phi) is 4.23. The fourth-order valence-corrected chi connectivity index (χ4v) is 3.53. The van der Waals surface area contributed by atoms with Gasteiger partial charge in [-0.3, -0.25) is 0 Å². The molecule has 1 aliphatic rings. The largest absolute Gasteiger partial charge is 0.501 e. The maximum atomic E-state index is 12.9. The number of aromatic nitrogens is 3. The molecule has 2 aromatic rings. The zero-order chi connectivity index (χ0) is 18.4. The molecule has 2 heterocycles. The van der Waals surface area contributed by atoms with Gasteiger partial charge < -0.3 is 10.0 Å². The van der Waals surface area contributed by atoms with Crippen LogP contribution in [0.3, 0.4) is 0 Å². The fourth-order valence-electron chi connectivity index (χ4n) is 2.55. The van der Waals surface area contributed by atoms with Crippen LogP contribution in [0.4, 0.5) is 18.9 Å². The van der Waals surface area contributed by atoms with E-state index >= 15 is 0 Å². The molecule has 0 aliphatic carbocycles. The second-order valence-corrected chi connectivity index (χ2v) is 7.68. The van der Waals surface area contributed by atoms with E-state index in [0.29, 0.717) is 5.69 Å². The Morgan fingerprint density at radius 3 is 2.48 bits per heavy atom. The third-order valence-electron chi connectivity index (χ3n) is 3.99. The number of halogens is 3. The minimum atomic E-state index is -5.43. The molecular weight excluding hydrogens is 361 g/mol. The number of benzene rings is 1. The number of anilines is 1. The van der Waals surface area contributed by atoms with Crippen molar-refractivity contribution >= 4 is 15.5 Å². The number of rotatable bonds is 4. The summed E-state index contributed by atoms with van der Waals surface area (Å²) in [5.74, 6) is 0. The van der Waals surface area contributed by atoms with Crippen LogP contribution in [0, 0.1) is 0 Å². The highest BCUT2D eigenvalue weighted by atomic mass is 32.2. The Morgan fingerprint density at radius 2 is 1.92 bits per heavy atom. The van der Waals surface area contributed by atoms with Crippen LogP contribution < -0.4 is 4.90 Å². The van der Waals surface area contributed by atoms with E-state index in [1.807, 2.05) is 0 Å². The van der Waals surface area contributed by atoms with E-state index in [1.165, 1.54) is 27.8 Å². The van der Waals surface area contributed by atoms with Crippen LogP contribution in [0.2, 0.25) is 0 Å². The minimum Gasteiger partial charge on any atom is -0.387 e. The fraction of sp³-hybridized carbons (Fsp3) is 0.429. The molecule has 0 spiro atoms. The third kappa shape index (κ3) is 3.09. The maximum absolute atomic E-state index is 12.9. The summed E-state index contributed by atoms with van der Waals surface area (Å²) in [5.41, 5.74) is -4.96. The van der Waals surface area contributed by atoms with Crippen LogP contribution >= 0.6 is 0 Å². The highest BCUT2D eigenvalue weighted by Gasteiger charge is 2.49. The van der Waals surface area contributed by atoms with Crippen molar-refractivity contribution in [2.24, 2.45) is 0 Å². The summed E-state index contributed by atoms with van der Waals surface area (Å²) >= 11 is 0. The van der Waals surface area contributed by atoms with Crippen LogP contribution in [0.5, 0.6) is 0 Å². The van der Waals surface area contributed by atoms with Gasteiger partial charge in [0.2, 0.25) is 0 Å². The quantitative estimate of drug-likeness (QED) is 0.874. The summed E-state index contributed by atoms with van der Waals surface area (Å²) in [6.45, 7) is 2.11. The van der Waals surface area contributed by atoms with Gasteiger partial charge >= 0.3 is 5.51 Å². The molecule has 0 saturated carbocycles. The average Bonchev–Trinajstić information content (AvgIpc) is 2.94. The van der Waals surface area contributed by atoms with Crippen molar-refractivity contribution < 1.29 is 26.7 Å². The normalized spacial score (nSPS) is 17.4. The maximum Gasteiger partial charge on any atom is 0.501 e. The molecule has 0 radical (unpaired) electrons. The smallest absolute Gasteiger partial charge is 0.387 e. The molecule has 3 rings (SSSR count). The summed E-state index contributed by atoms with van der Waals surface area (Å²) < 4.78 is 63.6. The van der Waals surface area contributed by atoms with Crippen LogP contribution in [0.15, 0.2) is 35.4 Å². The molecule has 1 aromatic heterocycles. The van der Waals surface area contributed by atoms with Gasteiger partial charge in [0.15, 0.2) is 0 Å². The topological polar surface area (TPSA) is 88.3 Å². The molecule has 1 saturated heterocycles. The summed E-state index contributed by atoms with van der Waals surface area (Å²) in [7, 11) is -5.43. The number of aliphatic hydroxyl groups excluding tert-OH is 1. The van der Waals surface area contributed by atoms with E-state index < -0.39 is 26.3 Å². The van der Waals surface area contributed by atoms with Gasteiger partial charge in [-0.1, -0.05) is 17.3 Å². The first kappa shape index (κ1) is 17.7. The number of alkyl halides is 3. The molecule has 0 bridgehead atoms. The molecule has 1 N–H and O–H groups in total. The van der Waals surface area contributed by atoms with Gasteiger partial charge in [0.25, 0.3) is 9.84 Å². The molecular formula is C14H15F3N4O3S. The second kappa shape index (κ2) is 5.99. The molecule has 136 valence electrons. The molecule has 1 aromatic carbocycles. The average molecular weight is 376 g/mol. The molecule has 11 heteroatoms. The first-order chi connectivity index (χ1) is 11.6. The van der Waals surface area contributed by atoms with E-state index in [1.54, 1.807) is 13.1 Å². The van der Waals surface area contributed by atoms with Gasteiger partial charge in [-0.05, 0) is 19.1 Å². The molecule has 25 heavy (non-hydrogen) atoms. The summed E-state index contributed by atoms with van der Waals surface area (Å²) in [6, 6.07) is 4.87. The number of hydrogen-bond acceptors (Lipinski definition) is 6. The number of hydrogen-bond donors (Lipinski definition) is 1. The van der Waals surface area contributed by atoms with Crippen molar-refractivity contribution in [2.75, 3.05) is 18.0 Å². The van der Waals surface area contributed by atoms with Gasteiger partial charge in [-0.2, -0.15) is 13.2 Å². The van der Waals surface area contributed by atoms with Crippen molar-refractivity contribution in [1.82, 2.24) is 15.0 Å². The third-order valence-corrected chi connectivity index (χ3v) is 5.53. The standard InChI is InChI=1S/C14H15F3N4O3S/c1-9(22)11-8-21(19-18-11)10-6-20(7-10)12-4-2-3-5-13(12)25(23,24)14(15,16)17/h2-5,8-10,22H,6-7H2,1H3/t9-/m0/s1. The van der Waals surface area contributed by atoms with E-state index in [9.17, 15) is 26.7 Å². The molecule has 7 nitrogen and oxygen atoms in total. The number of para-hydroxylation sites is 1. The Balaban J connectivity index is 1.82. The van der Waals surface area contributed by atoms with E-state index in [4.69, 9.17) is 0 Å². The van der Waals surface area contributed by atoms with E-state index in [0.717, 1.165) is 6.07 Å². The highest BCUT2D eigenvalue weighted by Crippen LogP contribution is 2.38. The predicted molar refractivity (Wildman–Crippen MR) is 81.6 cm³/mol. The highest BCUT2D eigenvalue weighted by molar-refractivity contribution is 7.92. The Bertz CT molecular complexity index is 873. The van der Waals surface area contributed by atoms with Crippen LogP contribution in [0.1, 0.15) is 24.8 Å². The molecule has 1 aliphatic heterocycles. The van der Waals surface area contributed by atoms with Gasteiger partial charge in [-0.25, -0.2) is 13.1 Å². The lowest BCUT2D eigenvalue weighted by Crippen LogP contribution is -2.48. The zero-order valence-electron chi connectivity index (χ0n) is 13.1. The summed E-state index contributed by atoms with van der Waals surface area (Å²) in [6.07, 6.45) is 0.785. The van der Waals surface area contributed by atoms with Crippen molar-refractivity contribution in [3.8, 4) is 0 Å². The number of sulfone groups is 1. The lowest BCUT2D eigenvalue weighted by molar-refractivity contribution is -0.0435. The van der Waals surface area contributed by atoms with Gasteiger partial charge in [0, 0.05) is 13.1 Å². The molecule has 0 amide bonds. The van der Waals surface area contributed by atoms with Gasteiger partial charge in [-0.15, -0.1) is 5.10 Å². The lowest BCUT2D eigenvalue weighted by Gasteiger charge is -2.41. The Hall–Kier alpha value is -2.14. The lowest BCUT2D eigenvalue weighted by atomic mass is 10.1.